The highest BCUT2D eigenvalue weighted by Gasteiger charge is 2.09. The predicted molar refractivity (Wildman–Crippen MR) is 89.3 cm³/mol. The van der Waals surface area contributed by atoms with Crippen LogP contribution < -0.4 is 5.73 Å². The summed E-state index contributed by atoms with van der Waals surface area (Å²) in [6.07, 6.45) is 3.72. The second-order valence-corrected chi connectivity index (χ2v) is 5.70. The van der Waals surface area contributed by atoms with Crippen molar-refractivity contribution in [2.24, 2.45) is 0 Å². The molecular formula is C16H14N4OS. The monoisotopic (exact) mass is 310 g/mol. The van der Waals surface area contributed by atoms with Gasteiger partial charge in [-0.25, -0.2) is 4.98 Å². The van der Waals surface area contributed by atoms with Crippen LogP contribution in [0.5, 0.6) is 5.75 Å². The van der Waals surface area contributed by atoms with Gasteiger partial charge in [-0.3, -0.25) is 0 Å². The highest BCUT2D eigenvalue weighted by molar-refractivity contribution is 7.11. The van der Waals surface area contributed by atoms with Crippen molar-refractivity contribution >= 4 is 29.4 Å². The molecule has 0 aliphatic heterocycles. The zero-order chi connectivity index (χ0) is 15.5. The maximum absolute atomic E-state index is 9.90. The predicted octanol–water partition coefficient (Wildman–Crippen LogP) is 3.37. The second-order valence-electron chi connectivity index (χ2n) is 4.75. The Morgan fingerprint density at radius 1 is 1.14 bits per heavy atom. The molecule has 0 fully saturated rings. The number of anilines is 1. The maximum Gasteiger partial charge on any atom is 0.224 e. The maximum atomic E-state index is 9.90. The van der Waals surface area contributed by atoms with Gasteiger partial charge < -0.3 is 10.8 Å². The van der Waals surface area contributed by atoms with Crippen molar-refractivity contribution in [1.82, 2.24) is 15.0 Å². The Balaban J connectivity index is 1.97. The van der Waals surface area contributed by atoms with Crippen molar-refractivity contribution in [3.05, 3.63) is 52.0 Å². The molecule has 5 nitrogen and oxygen atoms in total. The number of nitrogen functional groups attached to an aromatic ring is 1. The summed E-state index contributed by atoms with van der Waals surface area (Å²) < 4.78 is 0. The van der Waals surface area contributed by atoms with Crippen LogP contribution in [0.1, 0.15) is 16.3 Å². The Kier molecular flexibility index (Phi) is 3.84. The van der Waals surface area contributed by atoms with Crippen LogP contribution in [0.4, 0.5) is 5.95 Å². The number of nitrogens with two attached hydrogens (primary N) is 1. The van der Waals surface area contributed by atoms with E-state index in [1.807, 2.05) is 13.0 Å². The number of aromatic nitrogens is 3. The number of hydrogen-bond acceptors (Lipinski definition) is 6. The number of para-hydroxylation sites is 1. The van der Waals surface area contributed by atoms with E-state index in [0.717, 1.165) is 4.88 Å². The van der Waals surface area contributed by atoms with Crippen molar-refractivity contribution in [3.8, 4) is 17.1 Å². The van der Waals surface area contributed by atoms with Crippen molar-refractivity contribution in [2.45, 2.75) is 6.92 Å². The standard InChI is InChI=1S/C16H14N4OS/c1-10-8-11(22-9-10)6-7-14-18-15(20-16(17)19-14)12-4-2-3-5-13(12)21/h2-9,21H,1H3,(H2,17,18,19,20). The van der Waals surface area contributed by atoms with Gasteiger partial charge in [-0.1, -0.05) is 12.1 Å². The second kappa shape index (κ2) is 5.95. The van der Waals surface area contributed by atoms with Crippen LogP contribution in [0.2, 0.25) is 0 Å². The van der Waals surface area contributed by atoms with Crippen LogP contribution in [-0.2, 0) is 0 Å². The molecule has 0 spiro atoms. The van der Waals surface area contributed by atoms with Crippen LogP contribution >= 0.6 is 11.3 Å². The van der Waals surface area contributed by atoms with Gasteiger partial charge in [-0.05, 0) is 48.2 Å². The van der Waals surface area contributed by atoms with Gasteiger partial charge in [-0.2, -0.15) is 9.97 Å². The topological polar surface area (TPSA) is 84.9 Å². The zero-order valence-corrected chi connectivity index (χ0v) is 12.7. The van der Waals surface area contributed by atoms with E-state index in [9.17, 15) is 5.11 Å². The minimum Gasteiger partial charge on any atom is -0.507 e. The zero-order valence-electron chi connectivity index (χ0n) is 11.9. The summed E-state index contributed by atoms with van der Waals surface area (Å²) in [5, 5.41) is 12.0. The van der Waals surface area contributed by atoms with E-state index in [4.69, 9.17) is 5.73 Å². The van der Waals surface area contributed by atoms with Crippen LogP contribution in [0.3, 0.4) is 0 Å². The van der Waals surface area contributed by atoms with E-state index in [0.29, 0.717) is 17.2 Å². The highest BCUT2D eigenvalue weighted by atomic mass is 32.1. The van der Waals surface area contributed by atoms with Crippen molar-refractivity contribution in [3.63, 3.8) is 0 Å². The molecule has 3 rings (SSSR count). The van der Waals surface area contributed by atoms with Gasteiger partial charge in [0.05, 0.1) is 5.56 Å². The Hall–Kier alpha value is -2.73. The lowest BCUT2D eigenvalue weighted by molar-refractivity contribution is 0.477. The highest BCUT2D eigenvalue weighted by Crippen LogP contribution is 2.26. The van der Waals surface area contributed by atoms with Crippen molar-refractivity contribution in [2.75, 3.05) is 5.73 Å². The summed E-state index contributed by atoms with van der Waals surface area (Å²) in [5.41, 5.74) is 7.49. The molecule has 0 radical (unpaired) electrons. The lowest BCUT2D eigenvalue weighted by Crippen LogP contribution is -2.02. The number of aryl methyl sites for hydroxylation is 1. The molecule has 0 aliphatic rings. The molecule has 3 N–H and O–H groups in total. The lowest BCUT2D eigenvalue weighted by Gasteiger charge is -2.04. The third-order valence-electron chi connectivity index (χ3n) is 2.96. The minimum atomic E-state index is 0.108. The molecule has 1 aromatic carbocycles. The number of rotatable bonds is 3. The van der Waals surface area contributed by atoms with Crippen LogP contribution in [0.25, 0.3) is 23.5 Å². The average Bonchev–Trinajstić information content (AvgIpc) is 2.91. The number of aromatic hydroxyl groups is 1. The van der Waals surface area contributed by atoms with Gasteiger partial charge in [0.25, 0.3) is 0 Å². The SMILES string of the molecule is Cc1csc(C=Cc2nc(N)nc(-c3ccccc3O)n2)c1. The van der Waals surface area contributed by atoms with Crippen LogP contribution in [0.15, 0.2) is 35.7 Å². The van der Waals surface area contributed by atoms with E-state index < -0.39 is 0 Å². The van der Waals surface area contributed by atoms with Gasteiger partial charge in [0.15, 0.2) is 11.6 Å². The molecule has 0 aliphatic carbocycles. The summed E-state index contributed by atoms with van der Waals surface area (Å²) in [6, 6.07) is 8.94. The number of thiophene rings is 1. The molecule has 22 heavy (non-hydrogen) atoms. The third-order valence-corrected chi connectivity index (χ3v) is 3.98. The van der Waals surface area contributed by atoms with E-state index in [1.165, 1.54) is 5.56 Å². The van der Waals surface area contributed by atoms with Gasteiger partial charge >= 0.3 is 0 Å². The normalized spacial score (nSPS) is 11.1. The number of nitrogens with zero attached hydrogens (tertiary/aromatic N) is 3. The quantitative estimate of drug-likeness (QED) is 0.774. The minimum absolute atomic E-state index is 0.108. The summed E-state index contributed by atoms with van der Waals surface area (Å²) in [4.78, 5) is 13.6. The van der Waals surface area contributed by atoms with Crippen LogP contribution in [0, 0.1) is 6.92 Å². The number of phenols is 1. The fourth-order valence-electron chi connectivity index (χ4n) is 1.96. The van der Waals surface area contributed by atoms with Crippen molar-refractivity contribution in [1.29, 1.82) is 0 Å². The Labute approximate surface area is 131 Å². The summed E-state index contributed by atoms with van der Waals surface area (Å²) >= 11 is 1.65. The molecule has 3 aromatic rings. The fraction of sp³-hybridized carbons (Fsp3) is 0.0625. The molecule has 6 heteroatoms. The third kappa shape index (κ3) is 3.12. The number of benzene rings is 1. The lowest BCUT2D eigenvalue weighted by atomic mass is 10.2. The molecule has 0 amide bonds. The first kappa shape index (κ1) is 14.2. The number of phenolic OH excluding ortho intramolecular Hbond substituents is 1. The molecule has 0 unspecified atom stereocenters. The molecule has 0 saturated carbocycles. The van der Waals surface area contributed by atoms with Gasteiger partial charge in [0, 0.05) is 4.88 Å². The van der Waals surface area contributed by atoms with Crippen molar-refractivity contribution < 1.29 is 5.11 Å². The van der Waals surface area contributed by atoms with E-state index >= 15 is 0 Å². The Morgan fingerprint density at radius 2 is 1.95 bits per heavy atom. The summed E-state index contributed by atoms with van der Waals surface area (Å²) in [7, 11) is 0. The fourth-order valence-corrected chi connectivity index (χ4v) is 2.76. The van der Waals surface area contributed by atoms with E-state index in [2.05, 4.69) is 26.4 Å². The molecule has 0 bridgehead atoms. The smallest absolute Gasteiger partial charge is 0.224 e. The Bertz CT molecular complexity index is 842. The van der Waals surface area contributed by atoms with E-state index in [-0.39, 0.29) is 11.7 Å². The number of hydrogen-bond donors (Lipinski definition) is 2. The average molecular weight is 310 g/mol. The summed E-state index contributed by atoms with van der Waals surface area (Å²) in [6.45, 7) is 2.05. The van der Waals surface area contributed by atoms with Crippen LogP contribution in [-0.4, -0.2) is 20.1 Å². The van der Waals surface area contributed by atoms with Gasteiger partial charge in [-0.15, -0.1) is 11.3 Å². The molecule has 0 atom stereocenters. The van der Waals surface area contributed by atoms with Gasteiger partial charge in [0.2, 0.25) is 5.95 Å². The first-order valence-corrected chi connectivity index (χ1v) is 7.53. The molecule has 110 valence electrons. The summed E-state index contributed by atoms with van der Waals surface area (Å²) in [5.74, 6) is 1.04. The first-order valence-electron chi connectivity index (χ1n) is 6.65. The Morgan fingerprint density at radius 3 is 2.68 bits per heavy atom. The van der Waals surface area contributed by atoms with E-state index in [1.54, 1.807) is 41.7 Å². The largest absolute Gasteiger partial charge is 0.507 e. The van der Waals surface area contributed by atoms with Gasteiger partial charge in [0.1, 0.15) is 5.75 Å². The first-order chi connectivity index (χ1) is 10.6. The molecule has 2 aromatic heterocycles. The molecular weight excluding hydrogens is 296 g/mol. The molecule has 0 saturated heterocycles. The molecule has 2 heterocycles.